The molecule has 0 unspecified atom stereocenters. The van der Waals surface area contributed by atoms with Gasteiger partial charge in [0, 0.05) is 6.42 Å². The molecule has 6 nitrogen and oxygen atoms in total. The number of rotatable bonds is 5. The van der Waals surface area contributed by atoms with E-state index in [4.69, 9.17) is 9.47 Å². The highest BCUT2D eigenvalue weighted by Crippen LogP contribution is 2.14. The number of hydrogen-bond donors (Lipinski definition) is 2. The van der Waals surface area contributed by atoms with Crippen LogP contribution in [0.25, 0.3) is 0 Å². The van der Waals surface area contributed by atoms with Gasteiger partial charge in [0.05, 0.1) is 7.11 Å². The van der Waals surface area contributed by atoms with Gasteiger partial charge in [0.15, 0.2) is 0 Å². The van der Waals surface area contributed by atoms with Crippen molar-refractivity contribution in [2.75, 3.05) is 7.11 Å². The maximum Gasteiger partial charge on any atom is 0.408 e. The topological polar surface area (TPSA) is 84.9 Å². The van der Waals surface area contributed by atoms with Gasteiger partial charge in [-0.1, -0.05) is 12.1 Å². The Kier molecular flexibility index (Phi) is 5.58. The average Bonchev–Trinajstić information content (AvgIpc) is 2.36. The number of benzene rings is 1. The van der Waals surface area contributed by atoms with E-state index in [0.717, 1.165) is 5.56 Å². The van der Waals surface area contributed by atoms with Gasteiger partial charge in [-0.3, -0.25) is 0 Å². The predicted octanol–water partition coefficient (Wildman–Crippen LogP) is 2.22. The molecule has 1 aromatic carbocycles. The number of carboxylic acids is 1. The molecule has 6 heteroatoms. The number of hydrogen-bond acceptors (Lipinski definition) is 4. The predicted molar refractivity (Wildman–Crippen MR) is 77.5 cm³/mol. The van der Waals surface area contributed by atoms with Gasteiger partial charge in [-0.2, -0.15) is 0 Å². The monoisotopic (exact) mass is 295 g/mol. The fourth-order valence-electron chi connectivity index (χ4n) is 1.69. The first-order chi connectivity index (χ1) is 9.71. The molecule has 0 radical (unpaired) electrons. The van der Waals surface area contributed by atoms with Crippen molar-refractivity contribution in [2.45, 2.75) is 38.8 Å². The zero-order valence-corrected chi connectivity index (χ0v) is 12.7. The fraction of sp³-hybridized carbons (Fsp3) is 0.467. The van der Waals surface area contributed by atoms with Crippen LogP contribution in [-0.4, -0.2) is 35.9 Å². The summed E-state index contributed by atoms with van der Waals surface area (Å²) < 4.78 is 10.1. The summed E-state index contributed by atoms with van der Waals surface area (Å²) in [6.45, 7) is 5.14. The lowest BCUT2D eigenvalue weighted by atomic mass is 10.1. The van der Waals surface area contributed by atoms with E-state index in [1.54, 1.807) is 45.0 Å². The van der Waals surface area contributed by atoms with Crippen molar-refractivity contribution in [3.05, 3.63) is 29.8 Å². The van der Waals surface area contributed by atoms with E-state index in [9.17, 15) is 14.7 Å². The van der Waals surface area contributed by atoms with Crippen molar-refractivity contribution in [1.29, 1.82) is 0 Å². The Bertz CT molecular complexity index is 507. The summed E-state index contributed by atoms with van der Waals surface area (Å²) in [7, 11) is 1.53. The van der Waals surface area contributed by atoms with E-state index >= 15 is 0 Å². The molecule has 0 aromatic heterocycles. The van der Waals surface area contributed by atoms with Gasteiger partial charge in [-0.15, -0.1) is 0 Å². The summed E-state index contributed by atoms with van der Waals surface area (Å²) in [5.41, 5.74) is 0.0705. The molecule has 1 aromatic rings. The van der Waals surface area contributed by atoms with Crippen molar-refractivity contribution in [1.82, 2.24) is 5.32 Å². The summed E-state index contributed by atoms with van der Waals surface area (Å²) in [4.78, 5) is 22.9. The van der Waals surface area contributed by atoms with Crippen LogP contribution >= 0.6 is 0 Å². The van der Waals surface area contributed by atoms with Gasteiger partial charge < -0.3 is 19.9 Å². The SMILES string of the molecule is COc1cccc(C[C@H](NC(=O)OC(C)(C)C)C(=O)O)c1. The standard InChI is InChI=1S/C15H21NO5/c1-15(2,3)21-14(19)16-12(13(17)18)9-10-6-5-7-11(8-10)20-4/h5-8,12H,9H2,1-4H3,(H,16,19)(H,17,18)/t12-/m0/s1. The highest BCUT2D eigenvalue weighted by atomic mass is 16.6. The summed E-state index contributed by atoms with van der Waals surface area (Å²) >= 11 is 0. The number of carbonyl (C=O) groups excluding carboxylic acids is 1. The molecule has 0 heterocycles. The Balaban J connectivity index is 2.74. The Labute approximate surface area is 124 Å². The van der Waals surface area contributed by atoms with Crippen LogP contribution in [-0.2, 0) is 16.0 Å². The number of carboxylic acid groups (broad SMARTS) is 1. The molecule has 116 valence electrons. The molecule has 0 spiro atoms. The number of aliphatic carboxylic acids is 1. The lowest BCUT2D eigenvalue weighted by molar-refractivity contribution is -0.139. The van der Waals surface area contributed by atoms with E-state index in [-0.39, 0.29) is 6.42 Å². The number of ether oxygens (including phenoxy) is 2. The second-order valence-electron chi connectivity index (χ2n) is 5.59. The quantitative estimate of drug-likeness (QED) is 0.870. The van der Waals surface area contributed by atoms with Crippen molar-refractivity contribution in [2.24, 2.45) is 0 Å². The van der Waals surface area contributed by atoms with Crippen molar-refractivity contribution in [3.63, 3.8) is 0 Å². The Hall–Kier alpha value is -2.24. The van der Waals surface area contributed by atoms with Crippen LogP contribution < -0.4 is 10.1 Å². The average molecular weight is 295 g/mol. The molecule has 0 aliphatic heterocycles. The molecule has 0 aliphatic rings. The molecule has 21 heavy (non-hydrogen) atoms. The highest BCUT2D eigenvalue weighted by molar-refractivity contribution is 5.80. The minimum Gasteiger partial charge on any atom is -0.497 e. The van der Waals surface area contributed by atoms with E-state index in [2.05, 4.69) is 5.32 Å². The largest absolute Gasteiger partial charge is 0.497 e. The Morgan fingerprint density at radius 3 is 2.52 bits per heavy atom. The molecule has 0 saturated heterocycles. The summed E-state index contributed by atoms with van der Waals surface area (Å²) in [6, 6.07) is 5.97. The van der Waals surface area contributed by atoms with Crippen molar-refractivity contribution >= 4 is 12.1 Å². The Morgan fingerprint density at radius 1 is 1.33 bits per heavy atom. The molecule has 1 amide bonds. The lowest BCUT2D eigenvalue weighted by Crippen LogP contribution is -2.44. The van der Waals surface area contributed by atoms with Crippen LogP contribution in [0.3, 0.4) is 0 Å². The molecule has 0 bridgehead atoms. The maximum atomic E-state index is 11.7. The molecule has 0 aliphatic carbocycles. The second-order valence-corrected chi connectivity index (χ2v) is 5.59. The third-order valence-electron chi connectivity index (χ3n) is 2.56. The third kappa shape index (κ3) is 6.16. The second kappa shape index (κ2) is 6.97. The minimum atomic E-state index is -1.12. The number of amides is 1. The van der Waals surface area contributed by atoms with Gasteiger partial charge in [-0.05, 0) is 38.5 Å². The number of alkyl carbamates (subject to hydrolysis) is 1. The first-order valence-electron chi connectivity index (χ1n) is 6.56. The summed E-state index contributed by atoms with van der Waals surface area (Å²) in [5.74, 6) is -0.488. The Morgan fingerprint density at radius 2 is 2.00 bits per heavy atom. The smallest absolute Gasteiger partial charge is 0.408 e. The van der Waals surface area contributed by atoms with Crippen LogP contribution in [0.5, 0.6) is 5.75 Å². The van der Waals surface area contributed by atoms with E-state index < -0.39 is 23.7 Å². The first kappa shape index (κ1) is 16.8. The minimum absolute atomic E-state index is 0.145. The van der Waals surface area contributed by atoms with Crippen LogP contribution in [0.4, 0.5) is 4.79 Å². The van der Waals surface area contributed by atoms with Crippen molar-refractivity contribution in [3.8, 4) is 5.75 Å². The molecule has 1 atom stereocenters. The zero-order chi connectivity index (χ0) is 16.0. The van der Waals surface area contributed by atoms with E-state index in [1.807, 2.05) is 0 Å². The van der Waals surface area contributed by atoms with E-state index in [1.165, 1.54) is 7.11 Å². The van der Waals surface area contributed by atoms with Crippen LogP contribution in [0.15, 0.2) is 24.3 Å². The number of methoxy groups -OCH3 is 1. The molecule has 2 N–H and O–H groups in total. The van der Waals surface area contributed by atoms with Crippen LogP contribution in [0.1, 0.15) is 26.3 Å². The van der Waals surface area contributed by atoms with Gasteiger partial charge in [0.2, 0.25) is 0 Å². The van der Waals surface area contributed by atoms with Crippen LogP contribution in [0.2, 0.25) is 0 Å². The first-order valence-corrected chi connectivity index (χ1v) is 6.56. The molecular formula is C15H21NO5. The fourth-order valence-corrected chi connectivity index (χ4v) is 1.69. The molecule has 0 saturated carbocycles. The number of carbonyl (C=O) groups is 2. The van der Waals surface area contributed by atoms with Gasteiger partial charge in [0.25, 0.3) is 0 Å². The highest BCUT2D eigenvalue weighted by Gasteiger charge is 2.24. The molecule has 0 fully saturated rings. The molecule has 1 rings (SSSR count). The maximum absolute atomic E-state index is 11.7. The lowest BCUT2D eigenvalue weighted by Gasteiger charge is -2.22. The van der Waals surface area contributed by atoms with Gasteiger partial charge in [0.1, 0.15) is 17.4 Å². The molecular weight excluding hydrogens is 274 g/mol. The summed E-state index contributed by atoms with van der Waals surface area (Å²) in [6.07, 6.45) is -0.607. The number of nitrogens with one attached hydrogen (secondary N) is 1. The van der Waals surface area contributed by atoms with Crippen molar-refractivity contribution < 1.29 is 24.2 Å². The van der Waals surface area contributed by atoms with Crippen LogP contribution in [0, 0.1) is 0 Å². The normalized spacial score (nSPS) is 12.4. The summed E-state index contributed by atoms with van der Waals surface area (Å²) in [5, 5.41) is 11.6. The zero-order valence-electron chi connectivity index (χ0n) is 12.7. The van der Waals surface area contributed by atoms with Gasteiger partial charge in [-0.25, -0.2) is 9.59 Å². The van der Waals surface area contributed by atoms with Gasteiger partial charge >= 0.3 is 12.1 Å². The van der Waals surface area contributed by atoms with E-state index in [0.29, 0.717) is 5.75 Å². The third-order valence-corrected chi connectivity index (χ3v) is 2.56.